The maximum Gasteiger partial charge on any atom is 0.295 e. The van der Waals surface area contributed by atoms with Gasteiger partial charge in [0.1, 0.15) is 5.52 Å². The summed E-state index contributed by atoms with van der Waals surface area (Å²) in [6.45, 7) is 4.49. The molecular weight excluding hydrogens is 234 g/mol. The standard InChI is InChI=1S/C12H15N3OS/c1-2-6-17-7-5-14-12-15-10-4-3-9(13)8-11(10)16-12/h2-4,8H,1,5-7,13H2,(H,14,15). The Labute approximate surface area is 104 Å². The molecule has 0 atom stereocenters. The smallest absolute Gasteiger partial charge is 0.295 e. The first-order chi connectivity index (χ1) is 8.29. The summed E-state index contributed by atoms with van der Waals surface area (Å²) < 4.78 is 5.52. The first-order valence-electron chi connectivity index (χ1n) is 5.38. The third kappa shape index (κ3) is 3.17. The second-order valence-electron chi connectivity index (χ2n) is 3.54. The number of nitrogens with zero attached hydrogens (tertiary/aromatic N) is 1. The van der Waals surface area contributed by atoms with Crippen LogP contribution in [0.3, 0.4) is 0 Å². The number of hydrogen-bond donors (Lipinski definition) is 2. The molecule has 3 N–H and O–H groups in total. The number of oxazole rings is 1. The van der Waals surface area contributed by atoms with Crippen molar-refractivity contribution >= 4 is 34.6 Å². The fraction of sp³-hybridized carbons (Fsp3) is 0.250. The topological polar surface area (TPSA) is 64.1 Å². The maximum atomic E-state index is 5.67. The van der Waals surface area contributed by atoms with Crippen molar-refractivity contribution in [2.45, 2.75) is 0 Å². The summed E-state index contributed by atoms with van der Waals surface area (Å²) in [5.41, 5.74) is 7.88. The van der Waals surface area contributed by atoms with Crippen LogP contribution in [0, 0.1) is 0 Å². The Hall–Kier alpha value is -1.62. The number of benzene rings is 1. The molecule has 1 heterocycles. The number of thioether (sulfide) groups is 1. The van der Waals surface area contributed by atoms with Gasteiger partial charge in [0, 0.05) is 29.8 Å². The van der Waals surface area contributed by atoms with Gasteiger partial charge in [0.05, 0.1) is 0 Å². The maximum absolute atomic E-state index is 5.67. The van der Waals surface area contributed by atoms with Crippen LogP contribution in [0.5, 0.6) is 0 Å². The molecule has 17 heavy (non-hydrogen) atoms. The molecule has 0 spiro atoms. The average molecular weight is 249 g/mol. The van der Waals surface area contributed by atoms with E-state index in [1.807, 2.05) is 30.0 Å². The first-order valence-corrected chi connectivity index (χ1v) is 6.53. The lowest BCUT2D eigenvalue weighted by atomic mass is 10.3. The van der Waals surface area contributed by atoms with Crippen molar-refractivity contribution in [2.24, 2.45) is 0 Å². The quantitative estimate of drug-likeness (QED) is 0.468. The van der Waals surface area contributed by atoms with Crippen molar-refractivity contribution in [3.8, 4) is 0 Å². The summed E-state index contributed by atoms with van der Waals surface area (Å²) in [5.74, 6) is 1.96. The summed E-state index contributed by atoms with van der Waals surface area (Å²) in [7, 11) is 0. The zero-order chi connectivity index (χ0) is 12.1. The van der Waals surface area contributed by atoms with Crippen molar-refractivity contribution in [3.05, 3.63) is 30.9 Å². The molecule has 0 aliphatic rings. The monoisotopic (exact) mass is 249 g/mol. The van der Waals surface area contributed by atoms with Crippen LogP contribution in [0.1, 0.15) is 0 Å². The molecule has 0 amide bonds. The molecule has 90 valence electrons. The van der Waals surface area contributed by atoms with Gasteiger partial charge < -0.3 is 15.5 Å². The van der Waals surface area contributed by atoms with Crippen molar-refractivity contribution < 1.29 is 4.42 Å². The number of nitrogen functional groups attached to an aromatic ring is 1. The third-order valence-electron chi connectivity index (χ3n) is 2.17. The van der Waals surface area contributed by atoms with Crippen LogP contribution in [-0.4, -0.2) is 23.0 Å². The summed E-state index contributed by atoms with van der Waals surface area (Å²) in [4.78, 5) is 4.31. The molecule has 0 unspecified atom stereocenters. The number of aromatic nitrogens is 1. The summed E-state index contributed by atoms with van der Waals surface area (Å²) in [5, 5.41) is 3.14. The summed E-state index contributed by atoms with van der Waals surface area (Å²) in [6.07, 6.45) is 1.90. The Balaban J connectivity index is 1.93. The fourth-order valence-corrected chi connectivity index (χ4v) is 1.99. The number of nitrogens with one attached hydrogen (secondary N) is 1. The highest BCUT2D eigenvalue weighted by atomic mass is 32.2. The van der Waals surface area contributed by atoms with E-state index in [2.05, 4.69) is 16.9 Å². The van der Waals surface area contributed by atoms with E-state index in [1.54, 1.807) is 6.07 Å². The number of rotatable bonds is 6. The lowest BCUT2D eigenvalue weighted by Gasteiger charge is -1.99. The molecule has 1 aromatic carbocycles. The number of fused-ring (bicyclic) bond motifs is 1. The van der Waals surface area contributed by atoms with Gasteiger partial charge in [0.25, 0.3) is 6.01 Å². The predicted octanol–water partition coefficient (Wildman–Crippen LogP) is 2.74. The van der Waals surface area contributed by atoms with E-state index in [1.165, 1.54) is 0 Å². The van der Waals surface area contributed by atoms with Gasteiger partial charge in [-0.3, -0.25) is 0 Å². The van der Waals surface area contributed by atoms with E-state index in [9.17, 15) is 0 Å². The lowest BCUT2D eigenvalue weighted by molar-refractivity contribution is 0.617. The van der Waals surface area contributed by atoms with E-state index >= 15 is 0 Å². The summed E-state index contributed by atoms with van der Waals surface area (Å²) >= 11 is 1.81. The van der Waals surface area contributed by atoms with E-state index in [4.69, 9.17) is 10.2 Å². The molecular formula is C12H15N3OS. The summed E-state index contributed by atoms with van der Waals surface area (Å²) in [6, 6.07) is 5.99. The van der Waals surface area contributed by atoms with Gasteiger partial charge in [-0.25, -0.2) is 0 Å². The van der Waals surface area contributed by atoms with Crippen molar-refractivity contribution in [1.82, 2.24) is 4.98 Å². The minimum absolute atomic E-state index is 0.546. The molecule has 2 rings (SSSR count). The van der Waals surface area contributed by atoms with Gasteiger partial charge in [-0.2, -0.15) is 16.7 Å². The molecule has 0 aliphatic heterocycles. The molecule has 0 bridgehead atoms. The molecule has 0 aliphatic carbocycles. The first kappa shape index (κ1) is 11.9. The number of hydrogen-bond acceptors (Lipinski definition) is 5. The Morgan fingerprint density at radius 3 is 3.24 bits per heavy atom. The van der Waals surface area contributed by atoms with Crippen LogP contribution in [-0.2, 0) is 0 Å². The van der Waals surface area contributed by atoms with Gasteiger partial charge in [-0.1, -0.05) is 6.08 Å². The normalized spacial score (nSPS) is 10.6. The molecule has 0 fully saturated rings. The Bertz CT molecular complexity index is 509. The Morgan fingerprint density at radius 1 is 1.53 bits per heavy atom. The van der Waals surface area contributed by atoms with Crippen LogP contribution in [0.25, 0.3) is 11.1 Å². The highest BCUT2D eigenvalue weighted by Crippen LogP contribution is 2.20. The van der Waals surface area contributed by atoms with Crippen LogP contribution in [0.4, 0.5) is 11.7 Å². The number of nitrogens with two attached hydrogens (primary N) is 1. The highest BCUT2D eigenvalue weighted by molar-refractivity contribution is 7.99. The second kappa shape index (κ2) is 5.63. The minimum atomic E-state index is 0.546. The van der Waals surface area contributed by atoms with Gasteiger partial charge >= 0.3 is 0 Å². The van der Waals surface area contributed by atoms with E-state index in [-0.39, 0.29) is 0 Å². The molecule has 0 saturated heterocycles. The Morgan fingerprint density at radius 2 is 2.41 bits per heavy atom. The largest absolute Gasteiger partial charge is 0.423 e. The zero-order valence-electron chi connectivity index (χ0n) is 9.48. The third-order valence-corrected chi connectivity index (χ3v) is 3.14. The number of anilines is 2. The van der Waals surface area contributed by atoms with E-state index < -0.39 is 0 Å². The molecule has 0 radical (unpaired) electrons. The second-order valence-corrected chi connectivity index (χ2v) is 4.69. The molecule has 2 aromatic rings. The molecule has 4 nitrogen and oxygen atoms in total. The minimum Gasteiger partial charge on any atom is -0.423 e. The van der Waals surface area contributed by atoms with Crippen LogP contribution >= 0.6 is 11.8 Å². The van der Waals surface area contributed by atoms with Crippen molar-refractivity contribution in [1.29, 1.82) is 0 Å². The molecule has 0 saturated carbocycles. The van der Waals surface area contributed by atoms with Crippen molar-refractivity contribution in [2.75, 3.05) is 29.1 Å². The van der Waals surface area contributed by atoms with Gasteiger partial charge in [-0.05, 0) is 12.1 Å². The predicted molar refractivity (Wildman–Crippen MR) is 74.4 cm³/mol. The fourth-order valence-electron chi connectivity index (χ4n) is 1.41. The van der Waals surface area contributed by atoms with Crippen molar-refractivity contribution in [3.63, 3.8) is 0 Å². The van der Waals surface area contributed by atoms with Crippen LogP contribution < -0.4 is 11.1 Å². The van der Waals surface area contributed by atoms with Crippen LogP contribution in [0.15, 0.2) is 35.3 Å². The van der Waals surface area contributed by atoms with Gasteiger partial charge in [0.15, 0.2) is 5.58 Å². The molecule has 5 heteroatoms. The van der Waals surface area contributed by atoms with Crippen LogP contribution in [0.2, 0.25) is 0 Å². The SMILES string of the molecule is C=CCSCCNc1nc2ccc(N)cc2o1. The Kier molecular flexibility index (Phi) is 3.93. The average Bonchev–Trinajstić information content (AvgIpc) is 2.70. The highest BCUT2D eigenvalue weighted by Gasteiger charge is 2.04. The van der Waals surface area contributed by atoms with E-state index in [0.717, 1.165) is 23.6 Å². The lowest BCUT2D eigenvalue weighted by Crippen LogP contribution is -2.04. The van der Waals surface area contributed by atoms with E-state index in [0.29, 0.717) is 17.3 Å². The zero-order valence-corrected chi connectivity index (χ0v) is 10.3. The van der Waals surface area contributed by atoms with Gasteiger partial charge in [0.2, 0.25) is 0 Å². The molecule has 1 aromatic heterocycles. The van der Waals surface area contributed by atoms with Gasteiger partial charge in [-0.15, -0.1) is 6.58 Å².